The standard InChI is InChI=1S/C4H6N4O/c9-3-1-2-8-4-5-6-7-8/h1,3-4,9H,2H2. The van der Waals surface area contributed by atoms with Crippen LogP contribution in [0.4, 0.5) is 0 Å². The molecule has 5 heteroatoms. The Kier molecular flexibility index (Phi) is 1.79. The molecule has 1 aromatic rings. The van der Waals surface area contributed by atoms with Crippen molar-refractivity contribution in [2.75, 3.05) is 0 Å². The normalized spacial score (nSPS) is 10.7. The molecule has 0 amide bonds. The molecule has 48 valence electrons. The summed E-state index contributed by atoms with van der Waals surface area (Å²) in [6, 6.07) is 0. The number of aliphatic hydroxyl groups is 1. The first-order chi connectivity index (χ1) is 4.43. The van der Waals surface area contributed by atoms with Crippen molar-refractivity contribution in [2.45, 2.75) is 6.54 Å². The molecule has 1 N–H and O–H groups in total. The van der Waals surface area contributed by atoms with Gasteiger partial charge in [-0.25, -0.2) is 4.68 Å². The van der Waals surface area contributed by atoms with Gasteiger partial charge in [-0.3, -0.25) is 0 Å². The van der Waals surface area contributed by atoms with Gasteiger partial charge in [-0.05, 0) is 16.5 Å². The molecule has 0 atom stereocenters. The lowest BCUT2D eigenvalue weighted by molar-refractivity contribution is 0.467. The molecule has 0 fully saturated rings. The molecule has 1 aromatic heterocycles. The minimum Gasteiger partial charge on any atom is -0.516 e. The molecular formula is C4H6N4O. The summed E-state index contributed by atoms with van der Waals surface area (Å²) >= 11 is 0. The molecule has 0 spiro atoms. The second-order valence-corrected chi connectivity index (χ2v) is 1.42. The Hall–Kier alpha value is -1.39. The van der Waals surface area contributed by atoms with Gasteiger partial charge >= 0.3 is 0 Å². The van der Waals surface area contributed by atoms with Crippen molar-refractivity contribution in [2.24, 2.45) is 0 Å². The summed E-state index contributed by atoms with van der Waals surface area (Å²) in [5.74, 6) is 0. The number of aromatic nitrogens is 4. The van der Waals surface area contributed by atoms with Gasteiger partial charge in [-0.2, -0.15) is 0 Å². The number of nitrogens with zero attached hydrogens (tertiary/aromatic N) is 4. The Bertz CT molecular complexity index is 180. The van der Waals surface area contributed by atoms with E-state index < -0.39 is 0 Å². The average molecular weight is 126 g/mol. The quantitative estimate of drug-likeness (QED) is 0.555. The predicted octanol–water partition coefficient (Wildman–Crippen LogP) is -0.255. The van der Waals surface area contributed by atoms with E-state index in [1.807, 2.05) is 0 Å². The number of rotatable bonds is 2. The van der Waals surface area contributed by atoms with Crippen molar-refractivity contribution in [3.63, 3.8) is 0 Å². The van der Waals surface area contributed by atoms with Crippen LogP contribution in [0.2, 0.25) is 0 Å². The molecule has 0 saturated heterocycles. The Morgan fingerprint density at radius 2 is 2.56 bits per heavy atom. The van der Waals surface area contributed by atoms with Crippen LogP contribution in [0.25, 0.3) is 0 Å². The van der Waals surface area contributed by atoms with Gasteiger partial charge in [0.15, 0.2) is 0 Å². The van der Waals surface area contributed by atoms with E-state index in [2.05, 4.69) is 15.5 Å². The van der Waals surface area contributed by atoms with Crippen molar-refractivity contribution >= 4 is 0 Å². The molecule has 0 radical (unpaired) electrons. The van der Waals surface area contributed by atoms with Gasteiger partial charge < -0.3 is 5.11 Å². The minimum absolute atomic E-state index is 0.503. The molecule has 0 aromatic carbocycles. The second kappa shape index (κ2) is 2.81. The SMILES string of the molecule is OC=CCn1cnnn1. The topological polar surface area (TPSA) is 63.8 Å². The van der Waals surface area contributed by atoms with Gasteiger partial charge in [0.2, 0.25) is 0 Å². The summed E-state index contributed by atoms with van der Waals surface area (Å²) in [7, 11) is 0. The number of tetrazole rings is 1. The van der Waals surface area contributed by atoms with E-state index >= 15 is 0 Å². The minimum atomic E-state index is 0.503. The van der Waals surface area contributed by atoms with Crippen molar-refractivity contribution < 1.29 is 5.11 Å². The van der Waals surface area contributed by atoms with Crippen LogP contribution in [0, 0.1) is 0 Å². The Morgan fingerprint density at radius 3 is 3.11 bits per heavy atom. The van der Waals surface area contributed by atoms with Crippen molar-refractivity contribution in [1.29, 1.82) is 0 Å². The van der Waals surface area contributed by atoms with Crippen LogP contribution in [0.15, 0.2) is 18.7 Å². The molecule has 0 aliphatic carbocycles. The van der Waals surface area contributed by atoms with Gasteiger partial charge in [0.25, 0.3) is 0 Å². The summed E-state index contributed by atoms with van der Waals surface area (Å²) < 4.78 is 1.49. The molecule has 1 rings (SSSR count). The van der Waals surface area contributed by atoms with E-state index in [-0.39, 0.29) is 0 Å². The summed E-state index contributed by atoms with van der Waals surface area (Å²) in [6.45, 7) is 0.503. The number of aliphatic hydroxyl groups excluding tert-OH is 1. The molecule has 0 aliphatic rings. The van der Waals surface area contributed by atoms with Crippen molar-refractivity contribution in [1.82, 2.24) is 20.2 Å². The number of allylic oxidation sites excluding steroid dienone is 1. The van der Waals surface area contributed by atoms with Crippen LogP contribution in [0.5, 0.6) is 0 Å². The fraction of sp³-hybridized carbons (Fsp3) is 0.250. The third kappa shape index (κ3) is 1.52. The molecular weight excluding hydrogens is 120 g/mol. The molecule has 0 bridgehead atoms. The fourth-order valence-electron chi connectivity index (χ4n) is 0.419. The number of hydrogen-bond acceptors (Lipinski definition) is 4. The maximum absolute atomic E-state index is 8.20. The van der Waals surface area contributed by atoms with Gasteiger partial charge in [0.05, 0.1) is 12.8 Å². The van der Waals surface area contributed by atoms with E-state index in [9.17, 15) is 0 Å². The highest BCUT2D eigenvalue weighted by molar-refractivity contribution is 4.70. The highest BCUT2D eigenvalue weighted by atomic mass is 16.2. The first-order valence-electron chi connectivity index (χ1n) is 2.43. The van der Waals surface area contributed by atoms with Gasteiger partial charge in [-0.15, -0.1) is 5.10 Å². The second-order valence-electron chi connectivity index (χ2n) is 1.42. The van der Waals surface area contributed by atoms with Crippen molar-refractivity contribution in [3.8, 4) is 0 Å². The third-order valence-electron chi connectivity index (χ3n) is 0.789. The zero-order valence-electron chi connectivity index (χ0n) is 4.68. The van der Waals surface area contributed by atoms with Crippen molar-refractivity contribution in [3.05, 3.63) is 18.7 Å². The van der Waals surface area contributed by atoms with E-state index in [4.69, 9.17) is 5.11 Å². The average Bonchev–Trinajstić information content (AvgIpc) is 2.34. The zero-order valence-corrected chi connectivity index (χ0v) is 4.68. The Labute approximate surface area is 51.6 Å². The largest absolute Gasteiger partial charge is 0.516 e. The van der Waals surface area contributed by atoms with E-state index in [1.54, 1.807) is 0 Å². The first-order valence-corrected chi connectivity index (χ1v) is 2.43. The molecule has 1 heterocycles. The van der Waals surface area contributed by atoms with Crippen LogP contribution < -0.4 is 0 Å². The summed E-state index contributed by atoms with van der Waals surface area (Å²) in [4.78, 5) is 0. The Balaban J connectivity index is 2.48. The summed E-state index contributed by atoms with van der Waals surface area (Å²) in [6.07, 6.45) is 3.97. The van der Waals surface area contributed by atoms with Gasteiger partial charge in [0, 0.05) is 0 Å². The molecule has 0 unspecified atom stereocenters. The molecule has 0 saturated carbocycles. The lowest BCUT2D eigenvalue weighted by Crippen LogP contribution is -1.95. The van der Waals surface area contributed by atoms with Crippen LogP contribution >= 0.6 is 0 Å². The zero-order chi connectivity index (χ0) is 6.53. The van der Waals surface area contributed by atoms with Gasteiger partial charge in [-0.1, -0.05) is 0 Å². The van der Waals surface area contributed by atoms with Gasteiger partial charge in [0.1, 0.15) is 6.33 Å². The lowest BCUT2D eigenvalue weighted by Gasteiger charge is -1.86. The molecule has 9 heavy (non-hydrogen) atoms. The third-order valence-corrected chi connectivity index (χ3v) is 0.789. The smallest absolute Gasteiger partial charge is 0.138 e. The van der Waals surface area contributed by atoms with E-state index in [1.165, 1.54) is 17.1 Å². The molecule has 5 nitrogen and oxygen atoms in total. The fourth-order valence-corrected chi connectivity index (χ4v) is 0.419. The van der Waals surface area contributed by atoms with Crippen LogP contribution in [-0.2, 0) is 6.54 Å². The maximum Gasteiger partial charge on any atom is 0.138 e. The maximum atomic E-state index is 8.20. The van der Waals surface area contributed by atoms with E-state index in [0.717, 1.165) is 6.26 Å². The molecule has 0 aliphatic heterocycles. The first kappa shape index (κ1) is 5.74. The summed E-state index contributed by atoms with van der Waals surface area (Å²) in [5, 5.41) is 18.5. The predicted molar refractivity (Wildman–Crippen MR) is 29.6 cm³/mol. The highest BCUT2D eigenvalue weighted by Gasteiger charge is 1.84. The van der Waals surface area contributed by atoms with Crippen LogP contribution in [-0.4, -0.2) is 25.3 Å². The number of hydrogen-bond donors (Lipinski definition) is 1. The highest BCUT2D eigenvalue weighted by Crippen LogP contribution is 1.77. The van der Waals surface area contributed by atoms with Crippen LogP contribution in [0.1, 0.15) is 0 Å². The summed E-state index contributed by atoms with van der Waals surface area (Å²) in [5.41, 5.74) is 0. The monoisotopic (exact) mass is 126 g/mol. The van der Waals surface area contributed by atoms with E-state index in [0.29, 0.717) is 6.54 Å². The Morgan fingerprint density at radius 1 is 1.67 bits per heavy atom. The van der Waals surface area contributed by atoms with Crippen LogP contribution in [0.3, 0.4) is 0 Å². The lowest BCUT2D eigenvalue weighted by atomic mass is 10.6.